The summed E-state index contributed by atoms with van der Waals surface area (Å²) < 4.78 is 28.3. The maximum absolute atomic E-state index is 14.2. The molecule has 4 rings (SSSR count). The Morgan fingerprint density at radius 3 is 2.17 bits per heavy atom. The maximum atomic E-state index is 14.2. The molecule has 0 aromatic heterocycles. The van der Waals surface area contributed by atoms with Gasteiger partial charge in [0.2, 0.25) is 0 Å². The quantitative estimate of drug-likeness (QED) is 0.192. The number of nitrogens with zero attached hydrogens (tertiary/aromatic N) is 1. The lowest BCUT2D eigenvalue weighted by molar-refractivity contribution is 0.0576. The van der Waals surface area contributed by atoms with Gasteiger partial charge in [0.15, 0.2) is 0 Å². The van der Waals surface area contributed by atoms with Crippen LogP contribution >= 0.6 is 0 Å². The molecule has 8 heteroatoms. The van der Waals surface area contributed by atoms with E-state index in [9.17, 15) is 23.5 Å². The normalized spacial score (nSPS) is 17.7. The Bertz CT molecular complexity index is 1440. The largest absolute Gasteiger partial charge is 0.389 e. The Morgan fingerprint density at radius 1 is 0.913 bits per heavy atom. The first-order chi connectivity index (χ1) is 22.1. The molecule has 1 aliphatic rings. The molecule has 1 heterocycles. The lowest BCUT2D eigenvalue weighted by atomic mass is 9.83. The number of nitrogens with one attached hydrogen (secondary N) is 2. The van der Waals surface area contributed by atoms with Crippen molar-refractivity contribution in [3.05, 3.63) is 106 Å². The maximum Gasteiger partial charge on any atom is 0.253 e. The van der Waals surface area contributed by atoms with E-state index in [4.69, 9.17) is 0 Å². The summed E-state index contributed by atoms with van der Waals surface area (Å²) in [4.78, 5) is 28.9. The van der Waals surface area contributed by atoms with Gasteiger partial charge in [-0.25, -0.2) is 8.78 Å². The van der Waals surface area contributed by atoms with Crippen LogP contribution in [0.4, 0.5) is 8.78 Å². The molecule has 2 amide bonds. The van der Waals surface area contributed by atoms with Crippen molar-refractivity contribution in [3.63, 3.8) is 0 Å². The molecular weight excluding hydrogens is 584 g/mol. The molecular formula is C38H49F2N3O3. The molecule has 4 atom stereocenters. The van der Waals surface area contributed by atoms with Gasteiger partial charge < -0.3 is 20.6 Å². The number of hydrogen-bond acceptors (Lipinski definition) is 4. The van der Waals surface area contributed by atoms with E-state index in [1.807, 2.05) is 20.8 Å². The van der Waals surface area contributed by atoms with E-state index in [1.54, 1.807) is 23.1 Å². The molecule has 0 unspecified atom stereocenters. The monoisotopic (exact) mass is 633 g/mol. The topological polar surface area (TPSA) is 81.7 Å². The second-order valence-electron chi connectivity index (χ2n) is 12.8. The van der Waals surface area contributed by atoms with Gasteiger partial charge in [-0.05, 0) is 117 Å². The molecule has 3 aromatic carbocycles. The van der Waals surface area contributed by atoms with E-state index in [2.05, 4.69) is 41.8 Å². The fourth-order valence-corrected chi connectivity index (χ4v) is 6.57. The van der Waals surface area contributed by atoms with Crippen LogP contribution in [0.2, 0.25) is 0 Å². The van der Waals surface area contributed by atoms with E-state index in [0.29, 0.717) is 48.7 Å². The third-order valence-electron chi connectivity index (χ3n) is 8.88. The zero-order valence-corrected chi connectivity index (χ0v) is 27.6. The molecule has 0 radical (unpaired) electrons. The van der Waals surface area contributed by atoms with E-state index in [-0.39, 0.29) is 18.4 Å². The highest BCUT2D eigenvalue weighted by molar-refractivity contribution is 6.00. The van der Waals surface area contributed by atoms with E-state index in [0.717, 1.165) is 43.7 Å². The molecule has 3 aromatic rings. The second kappa shape index (κ2) is 16.8. The minimum absolute atomic E-state index is 0.0291. The Balaban J connectivity index is 1.56. The summed E-state index contributed by atoms with van der Waals surface area (Å²) in [6, 6.07) is 15.8. The van der Waals surface area contributed by atoms with Gasteiger partial charge in [0, 0.05) is 36.3 Å². The van der Waals surface area contributed by atoms with Crippen molar-refractivity contribution in [2.24, 2.45) is 5.92 Å². The van der Waals surface area contributed by atoms with Gasteiger partial charge in [-0.3, -0.25) is 9.59 Å². The first-order valence-electron chi connectivity index (χ1n) is 16.8. The molecule has 0 bridgehead atoms. The van der Waals surface area contributed by atoms with Crippen LogP contribution in [0.1, 0.15) is 89.4 Å². The number of carbonyl (C=O) groups excluding carboxylic acids is 2. The average Bonchev–Trinajstić information content (AvgIpc) is 3.03. The number of halogens is 2. The summed E-state index contributed by atoms with van der Waals surface area (Å²) in [5, 5.41) is 18.1. The molecule has 0 aliphatic carbocycles. The number of aliphatic hydroxyl groups is 1. The predicted molar refractivity (Wildman–Crippen MR) is 179 cm³/mol. The summed E-state index contributed by atoms with van der Waals surface area (Å²) in [6.45, 7) is 9.97. The number of aliphatic hydroxyl groups excluding tert-OH is 1. The van der Waals surface area contributed by atoms with Crippen LogP contribution in [0.15, 0.2) is 60.7 Å². The van der Waals surface area contributed by atoms with Gasteiger partial charge >= 0.3 is 0 Å². The fraction of sp³-hybridized carbons (Fsp3) is 0.474. The second-order valence-corrected chi connectivity index (χ2v) is 12.8. The predicted octanol–water partition coefficient (Wildman–Crippen LogP) is 6.41. The Hall–Kier alpha value is -3.62. The molecule has 46 heavy (non-hydrogen) atoms. The first kappa shape index (κ1) is 35.2. The molecule has 248 valence electrons. The number of amides is 2. The molecule has 0 spiro atoms. The third-order valence-corrected chi connectivity index (χ3v) is 8.88. The number of carbonyl (C=O) groups is 2. The SMILES string of the molecule is CCCN(CCC)C(=O)c1cc(C)cc(C(=O)N[C@@H](Cc2cc(F)cc(F)c2)[C@H](O)[C@H]2C[C@@H](Cc3ccc(CC)cc3)CCN2)c1. The van der Waals surface area contributed by atoms with Crippen molar-refractivity contribution in [2.45, 2.75) is 90.8 Å². The fourth-order valence-electron chi connectivity index (χ4n) is 6.57. The Kier molecular flexibility index (Phi) is 12.9. The molecule has 0 saturated carbocycles. The zero-order valence-electron chi connectivity index (χ0n) is 27.6. The highest BCUT2D eigenvalue weighted by atomic mass is 19.1. The standard InChI is InChI=1S/C38H49F2N3O3/c1-5-14-43(15-6-2)38(46)31-17-25(4)16-30(23-31)37(45)42-35(22-29-19-32(39)24-33(40)20-29)36(44)34-21-28(12-13-41-34)18-27-10-8-26(7-3)9-11-27/h8-11,16-17,19-20,23-24,28,34-36,41,44H,5-7,12-15,18,21-22H2,1-4H3,(H,42,45)/t28-,34-,35+,36-/m1/s1. The van der Waals surface area contributed by atoms with Crippen molar-refractivity contribution >= 4 is 11.8 Å². The smallest absolute Gasteiger partial charge is 0.253 e. The van der Waals surface area contributed by atoms with Gasteiger partial charge in [0.05, 0.1) is 12.1 Å². The van der Waals surface area contributed by atoms with Crippen molar-refractivity contribution in [1.82, 2.24) is 15.5 Å². The summed E-state index contributed by atoms with van der Waals surface area (Å²) in [5.41, 5.74) is 4.36. The third kappa shape index (κ3) is 9.69. The Morgan fingerprint density at radius 2 is 1.54 bits per heavy atom. The summed E-state index contributed by atoms with van der Waals surface area (Å²) in [6.07, 6.45) is 4.16. The van der Waals surface area contributed by atoms with Crippen LogP contribution in [0.25, 0.3) is 0 Å². The van der Waals surface area contributed by atoms with E-state index < -0.39 is 29.7 Å². The minimum atomic E-state index is -1.03. The number of benzene rings is 3. The van der Waals surface area contributed by atoms with Crippen molar-refractivity contribution in [3.8, 4) is 0 Å². The number of aryl methyl sites for hydroxylation is 2. The number of hydrogen-bond donors (Lipinski definition) is 3. The van der Waals surface area contributed by atoms with Crippen LogP contribution in [0.3, 0.4) is 0 Å². The van der Waals surface area contributed by atoms with Crippen LogP contribution in [-0.2, 0) is 19.3 Å². The minimum Gasteiger partial charge on any atom is -0.389 e. The van der Waals surface area contributed by atoms with E-state index >= 15 is 0 Å². The Labute approximate surface area is 272 Å². The van der Waals surface area contributed by atoms with Crippen molar-refractivity contribution < 1.29 is 23.5 Å². The van der Waals surface area contributed by atoms with Crippen LogP contribution in [-0.4, -0.2) is 59.6 Å². The number of piperidine rings is 1. The van der Waals surface area contributed by atoms with Gasteiger partial charge in [0.1, 0.15) is 11.6 Å². The van der Waals surface area contributed by atoms with Crippen LogP contribution in [0, 0.1) is 24.5 Å². The molecule has 1 aliphatic heterocycles. The van der Waals surface area contributed by atoms with Crippen molar-refractivity contribution in [1.29, 1.82) is 0 Å². The van der Waals surface area contributed by atoms with E-state index in [1.165, 1.54) is 23.3 Å². The molecule has 1 saturated heterocycles. The zero-order chi connectivity index (χ0) is 33.2. The lowest BCUT2D eigenvalue weighted by Gasteiger charge is -2.37. The summed E-state index contributed by atoms with van der Waals surface area (Å²) in [7, 11) is 0. The van der Waals surface area contributed by atoms with Gasteiger partial charge in [-0.1, -0.05) is 45.0 Å². The van der Waals surface area contributed by atoms with Gasteiger partial charge in [-0.2, -0.15) is 0 Å². The average molecular weight is 634 g/mol. The van der Waals surface area contributed by atoms with Crippen molar-refractivity contribution in [2.75, 3.05) is 19.6 Å². The van der Waals surface area contributed by atoms with Gasteiger partial charge in [-0.15, -0.1) is 0 Å². The first-order valence-corrected chi connectivity index (χ1v) is 16.8. The highest BCUT2D eigenvalue weighted by Gasteiger charge is 2.33. The molecule has 6 nitrogen and oxygen atoms in total. The van der Waals surface area contributed by atoms with Crippen LogP contribution in [0.5, 0.6) is 0 Å². The van der Waals surface area contributed by atoms with Gasteiger partial charge in [0.25, 0.3) is 11.8 Å². The molecule has 1 fully saturated rings. The molecule has 3 N–H and O–H groups in total. The summed E-state index contributed by atoms with van der Waals surface area (Å²) in [5.74, 6) is -1.69. The highest BCUT2D eigenvalue weighted by Crippen LogP contribution is 2.25. The lowest BCUT2D eigenvalue weighted by Crippen LogP contribution is -2.56. The summed E-state index contributed by atoms with van der Waals surface area (Å²) >= 11 is 0. The van der Waals surface area contributed by atoms with Crippen LogP contribution < -0.4 is 10.6 Å². The number of rotatable bonds is 14.